The van der Waals surface area contributed by atoms with Gasteiger partial charge in [-0.05, 0) is 48.7 Å². The predicted octanol–water partition coefficient (Wildman–Crippen LogP) is 3.90. The van der Waals surface area contributed by atoms with Crippen molar-refractivity contribution in [1.82, 2.24) is 0 Å². The van der Waals surface area contributed by atoms with Crippen LogP contribution < -0.4 is 10.6 Å². The topological polar surface area (TPSA) is 54.3 Å². The molecule has 1 aromatic heterocycles. The van der Waals surface area contributed by atoms with Gasteiger partial charge in [-0.25, -0.2) is 4.39 Å². The Hall–Kier alpha value is -2.01. The third-order valence-electron chi connectivity index (χ3n) is 2.99. The molecule has 1 amide bonds. The van der Waals surface area contributed by atoms with E-state index >= 15 is 0 Å². The summed E-state index contributed by atoms with van der Waals surface area (Å²) in [6, 6.07) is 7.87. The van der Waals surface area contributed by atoms with Crippen LogP contribution in [-0.2, 0) is 0 Å². The van der Waals surface area contributed by atoms with Crippen molar-refractivity contribution in [1.29, 1.82) is 0 Å². The van der Waals surface area contributed by atoms with Crippen molar-refractivity contribution >= 4 is 28.9 Å². The SMILES string of the molecule is O=C(Nc1c(F)cccc1NC1CC1)c1ccc(Cl)o1. The van der Waals surface area contributed by atoms with E-state index < -0.39 is 11.7 Å². The molecule has 4 nitrogen and oxygen atoms in total. The molecule has 0 aliphatic heterocycles. The Morgan fingerprint density at radius 1 is 1.30 bits per heavy atom. The van der Waals surface area contributed by atoms with Crippen LogP contribution in [0.5, 0.6) is 0 Å². The highest BCUT2D eigenvalue weighted by molar-refractivity contribution is 6.29. The Morgan fingerprint density at radius 3 is 2.75 bits per heavy atom. The number of para-hydroxylation sites is 1. The predicted molar refractivity (Wildman–Crippen MR) is 74.7 cm³/mol. The summed E-state index contributed by atoms with van der Waals surface area (Å²) in [6.07, 6.45) is 2.11. The van der Waals surface area contributed by atoms with Crippen LogP contribution in [-0.4, -0.2) is 11.9 Å². The third kappa shape index (κ3) is 2.77. The Labute approximate surface area is 119 Å². The van der Waals surface area contributed by atoms with Crippen molar-refractivity contribution < 1.29 is 13.6 Å². The molecule has 3 rings (SSSR count). The van der Waals surface area contributed by atoms with Crippen LogP contribution in [0.15, 0.2) is 34.7 Å². The Balaban J connectivity index is 1.83. The maximum atomic E-state index is 13.9. The van der Waals surface area contributed by atoms with Gasteiger partial charge in [0.15, 0.2) is 11.0 Å². The summed E-state index contributed by atoms with van der Waals surface area (Å²) in [5.41, 5.74) is 0.690. The highest BCUT2D eigenvalue weighted by Gasteiger charge is 2.23. The van der Waals surface area contributed by atoms with Crippen molar-refractivity contribution in [3.63, 3.8) is 0 Å². The van der Waals surface area contributed by atoms with E-state index in [2.05, 4.69) is 10.6 Å². The smallest absolute Gasteiger partial charge is 0.291 e. The molecule has 0 radical (unpaired) electrons. The number of hydrogen-bond donors (Lipinski definition) is 2. The number of carbonyl (C=O) groups is 1. The Morgan fingerprint density at radius 2 is 2.10 bits per heavy atom. The molecule has 0 unspecified atom stereocenters. The molecule has 6 heteroatoms. The van der Waals surface area contributed by atoms with Gasteiger partial charge < -0.3 is 15.1 Å². The van der Waals surface area contributed by atoms with Crippen molar-refractivity contribution in [3.8, 4) is 0 Å². The van der Waals surface area contributed by atoms with Crippen LogP contribution in [0.2, 0.25) is 5.22 Å². The second-order valence-corrected chi connectivity index (χ2v) is 5.01. The highest BCUT2D eigenvalue weighted by Crippen LogP contribution is 2.31. The molecule has 1 aromatic carbocycles. The normalized spacial score (nSPS) is 14.1. The van der Waals surface area contributed by atoms with Crippen LogP contribution in [0.1, 0.15) is 23.4 Å². The lowest BCUT2D eigenvalue weighted by atomic mass is 10.2. The highest BCUT2D eigenvalue weighted by atomic mass is 35.5. The van der Waals surface area contributed by atoms with Gasteiger partial charge in [-0.15, -0.1) is 0 Å². The van der Waals surface area contributed by atoms with Gasteiger partial charge in [-0.3, -0.25) is 4.79 Å². The average molecular weight is 295 g/mol. The molecule has 2 aromatic rings. The van der Waals surface area contributed by atoms with Crippen molar-refractivity contribution in [2.45, 2.75) is 18.9 Å². The van der Waals surface area contributed by atoms with E-state index in [9.17, 15) is 9.18 Å². The van der Waals surface area contributed by atoms with E-state index in [1.807, 2.05) is 0 Å². The van der Waals surface area contributed by atoms with Gasteiger partial charge in [-0.1, -0.05) is 6.07 Å². The van der Waals surface area contributed by atoms with Crippen LogP contribution in [0.25, 0.3) is 0 Å². The van der Waals surface area contributed by atoms with Crippen molar-refractivity contribution in [2.24, 2.45) is 0 Å². The van der Waals surface area contributed by atoms with Crippen LogP contribution in [0, 0.1) is 5.82 Å². The Kier molecular flexibility index (Phi) is 3.36. The lowest BCUT2D eigenvalue weighted by Crippen LogP contribution is -2.15. The summed E-state index contributed by atoms with van der Waals surface area (Å²) in [4.78, 5) is 12.0. The fourth-order valence-electron chi connectivity index (χ4n) is 1.83. The largest absolute Gasteiger partial charge is 0.440 e. The van der Waals surface area contributed by atoms with E-state index in [0.29, 0.717) is 11.7 Å². The molecule has 0 spiro atoms. The number of hydrogen-bond acceptors (Lipinski definition) is 3. The van der Waals surface area contributed by atoms with Crippen LogP contribution in [0.4, 0.5) is 15.8 Å². The minimum Gasteiger partial charge on any atom is -0.440 e. The number of carbonyl (C=O) groups excluding carboxylic acids is 1. The van der Waals surface area contributed by atoms with Crippen molar-refractivity contribution in [2.75, 3.05) is 10.6 Å². The molecular weight excluding hydrogens is 283 g/mol. The maximum Gasteiger partial charge on any atom is 0.291 e. The molecule has 1 saturated carbocycles. The summed E-state index contributed by atoms with van der Waals surface area (Å²) in [6.45, 7) is 0. The third-order valence-corrected chi connectivity index (χ3v) is 3.19. The fraction of sp³-hybridized carbons (Fsp3) is 0.214. The van der Waals surface area contributed by atoms with E-state index in [4.69, 9.17) is 16.0 Å². The van der Waals surface area contributed by atoms with Gasteiger partial charge in [0, 0.05) is 6.04 Å². The zero-order valence-electron chi connectivity index (χ0n) is 10.5. The number of rotatable bonds is 4. The summed E-state index contributed by atoms with van der Waals surface area (Å²) in [5, 5.41) is 5.80. The Bertz CT molecular complexity index is 652. The minimum absolute atomic E-state index is 0.0376. The molecule has 0 saturated heterocycles. The number of halogens is 2. The molecule has 0 atom stereocenters. The lowest BCUT2D eigenvalue weighted by Gasteiger charge is -2.12. The summed E-state index contributed by atoms with van der Waals surface area (Å²) >= 11 is 5.61. The minimum atomic E-state index is -0.541. The number of amides is 1. The summed E-state index contributed by atoms with van der Waals surface area (Å²) in [5.74, 6) is -1.00. The van der Waals surface area contributed by atoms with E-state index in [-0.39, 0.29) is 16.7 Å². The van der Waals surface area contributed by atoms with Gasteiger partial charge >= 0.3 is 0 Å². The molecule has 1 aliphatic carbocycles. The lowest BCUT2D eigenvalue weighted by molar-refractivity contribution is 0.0996. The van der Waals surface area contributed by atoms with Crippen molar-refractivity contribution in [3.05, 3.63) is 47.1 Å². The zero-order valence-corrected chi connectivity index (χ0v) is 11.2. The monoisotopic (exact) mass is 294 g/mol. The quantitative estimate of drug-likeness (QED) is 0.899. The first-order valence-electron chi connectivity index (χ1n) is 6.25. The van der Waals surface area contributed by atoms with E-state index in [1.165, 1.54) is 18.2 Å². The number of benzene rings is 1. The first-order chi connectivity index (χ1) is 9.63. The molecule has 0 bridgehead atoms. The number of anilines is 2. The second-order valence-electron chi connectivity index (χ2n) is 4.64. The molecule has 1 aliphatic rings. The molecule has 2 N–H and O–H groups in total. The second kappa shape index (κ2) is 5.17. The number of furan rings is 1. The van der Waals surface area contributed by atoms with Gasteiger partial charge in [0.2, 0.25) is 0 Å². The summed E-state index contributed by atoms with van der Waals surface area (Å²) < 4.78 is 18.9. The number of nitrogens with one attached hydrogen (secondary N) is 2. The van der Waals surface area contributed by atoms with Gasteiger partial charge in [0.1, 0.15) is 11.5 Å². The van der Waals surface area contributed by atoms with Gasteiger partial charge in [-0.2, -0.15) is 0 Å². The molecular formula is C14H12ClFN2O2. The standard InChI is InChI=1S/C14H12ClFN2O2/c15-12-7-6-11(20-12)14(19)18-13-9(16)2-1-3-10(13)17-8-4-5-8/h1-3,6-8,17H,4-5H2,(H,18,19). The van der Waals surface area contributed by atoms with Crippen LogP contribution in [0.3, 0.4) is 0 Å². The van der Waals surface area contributed by atoms with Gasteiger partial charge in [0.05, 0.1) is 5.69 Å². The summed E-state index contributed by atoms with van der Waals surface area (Å²) in [7, 11) is 0. The average Bonchev–Trinajstić information content (AvgIpc) is 3.12. The first-order valence-corrected chi connectivity index (χ1v) is 6.63. The van der Waals surface area contributed by atoms with E-state index in [1.54, 1.807) is 12.1 Å². The van der Waals surface area contributed by atoms with Gasteiger partial charge in [0.25, 0.3) is 5.91 Å². The van der Waals surface area contributed by atoms with Crippen LogP contribution >= 0.6 is 11.6 Å². The molecule has 104 valence electrons. The molecule has 20 heavy (non-hydrogen) atoms. The zero-order chi connectivity index (χ0) is 14.1. The maximum absolute atomic E-state index is 13.9. The molecule has 1 heterocycles. The van der Waals surface area contributed by atoms with E-state index in [0.717, 1.165) is 12.8 Å². The molecule has 1 fully saturated rings. The fourth-order valence-corrected chi connectivity index (χ4v) is 1.98. The first kappa shape index (κ1) is 13.0.